The monoisotopic (exact) mass is 374 g/mol. The number of rotatable bonds is 5. The molecule has 0 spiro atoms. The number of aromatic nitrogens is 2. The van der Waals surface area contributed by atoms with E-state index in [1.54, 1.807) is 6.92 Å². The van der Waals surface area contributed by atoms with Crippen LogP contribution in [0.1, 0.15) is 42.6 Å². The summed E-state index contributed by atoms with van der Waals surface area (Å²) in [5, 5.41) is 13.2. The summed E-state index contributed by atoms with van der Waals surface area (Å²) in [4.78, 5) is 22.1. The van der Waals surface area contributed by atoms with Gasteiger partial charge in [-0.05, 0) is 50.2 Å². The molecule has 2 aromatic heterocycles. The number of carbonyl (C=O) groups is 1. The predicted molar refractivity (Wildman–Crippen MR) is 105 cm³/mol. The Bertz CT molecular complexity index is 820. The van der Waals surface area contributed by atoms with Crippen molar-refractivity contribution >= 4 is 28.9 Å². The lowest BCUT2D eigenvalue weighted by atomic mass is 9.92. The van der Waals surface area contributed by atoms with Crippen molar-refractivity contribution in [2.75, 3.05) is 17.7 Å². The highest BCUT2D eigenvalue weighted by atomic mass is 32.1. The van der Waals surface area contributed by atoms with Crippen LogP contribution in [0.2, 0.25) is 0 Å². The van der Waals surface area contributed by atoms with Crippen molar-refractivity contribution in [3.63, 3.8) is 0 Å². The van der Waals surface area contributed by atoms with Crippen molar-refractivity contribution in [3.8, 4) is 10.4 Å². The number of ketones is 1. The number of nitrogens with one attached hydrogen (secondary N) is 1. The predicted octanol–water partition coefficient (Wildman–Crippen LogP) is 3.36. The molecule has 0 aliphatic heterocycles. The molecule has 1 fully saturated rings. The fourth-order valence-electron chi connectivity index (χ4n) is 3.81. The number of anilines is 2. The molecule has 0 amide bonds. The molecule has 1 saturated carbocycles. The van der Waals surface area contributed by atoms with Crippen LogP contribution in [-0.2, 0) is 0 Å². The molecule has 0 aromatic carbocycles. The number of nitrogens with zero attached hydrogens (tertiary/aromatic N) is 2. The van der Waals surface area contributed by atoms with E-state index in [1.807, 2.05) is 19.1 Å². The van der Waals surface area contributed by atoms with Gasteiger partial charge in [0.15, 0.2) is 5.78 Å². The van der Waals surface area contributed by atoms with Gasteiger partial charge >= 0.3 is 0 Å². The minimum Gasteiger partial charge on any atom is -0.396 e. The standard InChI is InChI=1S/C19H26N4O2S/c1-9-10(2)14(7-13(9)8-24)22-18-17(11(3)21-19(20)23-18)16-6-5-15(26-16)12(4)25/h5-6,9-10,13-14,24H,7-8H2,1-4H3,(H3,20,21,22,23)/t9-,10+,13+,14+/m0/s1. The summed E-state index contributed by atoms with van der Waals surface area (Å²) in [6.45, 7) is 8.06. The Balaban J connectivity index is 1.97. The topological polar surface area (TPSA) is 101 Å². The lowest BCUT2D eigenvalue weighted by Gasteiger charge is -2.22. The SMILES string of the molecule is CC(=O)c1ccc(-c2c(C)nc(N)nc2N[C@@H]2C[C@H](CO)[C@@H](C)[C@H]2C)s1. The van der Waals surface area contributed by atoms with Gasteiger partial charge in [0.05, 0.1) is 16.1 Å². The molecule has 4 N–H and O–H groups in total. The zero-order chi connectivity index (χ0) is 19.0. The zero-order valence-electron chi connectivity index (χ0n) is 15.6. The van der Waals surface area contributed by atoms with Gasteiger partial charge in [-0.15, -0.1) is 11.3 Å². The fourth-order valence-corrected chi connectivity index (χ4v) is 4.81. The second-order valence-electron chi connectivity index (χ2n) is 7.26. The first-order chi connectivity index (χ1) is 12.3. The van der Waals surface area contributed by atoms with E-state index in [-0.39, 0.29) is 30.3 Å². The van der Waals surface area contributed by atoms with E-state index in [1.165, 1.54) is 11.3 Å². The Morgan fingerprint density at radius 2 is 2.08 bits per heavy atom. The van der Waals surface area contributed by atoms with Gasteiger partial charge in [0.2, 0.25) is 5.95 Å². The molecule has 0 saturated heterocycles. The first-order valence-electron chi connectivity index (χ1n) is 8.94. The lowest BCUT2D eigenvalue weighted by Crippen LogP contribution is -2.25. The second-order valence-corrected chi connectivity index (χ2v) is 8.34. The Morgan fingerprint density at radius 1 is 1.35 bits per heavy atom. The van der Waals surface area contributed by atoms with Crippen LogP contribution in [0.25, 0.3) is 10.4 Å². The Hall–Kier alpha value is -1.99. The van der Waals surface area contributed by atoms with Crippen LogP contribution < -0.4 is 11.1 Å². The van der Waals surface area contributed by atoms with Crippen molar-refractivity contribution in [3.05, 3.63) is 22.7 Å². The molecule has 6 nitrogen and oxygen atoms in total. The molecule has 2 heterocycles. The summed E-state index contributed by atoms with van der Waals surface area (Å²) >= 11 is 1.44. The zero-order valence-corrected chi connectivity index (χ0v) is 16.4. The number of aryl methyl sites for hydroxylation is 1. The van der Waals surface area contributed by atoms with Crippen molar-refractivity contribution in [2.24, 2.45) is 17.8 Å². The molecule has 26 heavy (non-hydrogen) atoms. The van der Waals surface area contributed by atoms with Crippen LogP contribution in [0.3, 0.4) is 0 Å². The molecule has 0 unspecified atom stereocenters. The summed E-state index contributed by atoms with van der Waals surface area (Å²) < 4.78 is 0. The number of hydrogen-bond donors (Lipinski definition) is 3. The van der Waals surface area contributed by atoms with Gasteiger partial charge in [0.25, 0.3) is 0 Å². The molecule has 1 aliphatic rings. The van der Waals surface area contributed by atoms with Gasteiger partial charge in [0.1, 0.15) is 5.82 Å². The minimum atomic E-state index is 0.0498. The number of Topliss-reactive ketones (excluding diaryl/α,β-unsaturated/α-hetero) is 1. The normalized spacial score (nSPS) is 25.4. The van der Waals surface area contributed by atoms with Crippen LogP contribution in [0.15, 0.2) is 12.1 Å². The van der Waals surface area contributed by atoms with E-state index in [2.05, 4.69) is 29.1 Å². The van der Waals surface area contributed by atoms with Gasteiger partial charge in [-0.3, -0.25) is 4.79 Å². The first-order valence-corrected chi connectivity index (χ1v) is 9.76. The van der Waals surface area contributed by atoms with Crippen LogP contribution in [0.4, 0.5) is 11.8 Å². The average Bonchev–Trinajstić information content (AvgIpc) is 3.15. The highest BCUT2D eigenvalue weighted by Crippen LogP contribution is 2.41. The van der Waals surface area contributed by atoms with Crippen molar-refractivity contribution in [1.82, 2.24) is 9.97 Å². The second kappa shape index (κ2) is 7.32. The van der Waals surface area contributed by atoms with E-state index >= 15 is 0 Å². The van der Waals surface area contributed by atoms with Crippen LogP contribution in [0, 0.1) is 24.7 Å². The quantitative estimate of drug-likeness (QED) is 0.694. The maximum absolute atomic E-state index is 11.7. The molecule has 3 rings (SSSR count). The highest BCUT2D eigenvalue weighted by Gasteiger charge is 2.38. The van der Waals surface area contributed by atoms with Gasteiger partial charge in [-0.2, -0.15) is 4.98 Å². The number of hydrogen-bond acceptors (Lipinski definition) is 7. The van der Waals surface area contributed by atoms with Gasteiger partial charge < -0.3 is 16.2 Å². The van der Waals surface area contributed by atoms with Crippen LogP contribution >= 0.6 is 11.3 Å². The van der Waals surface area contributed by atoms with Crippen molar-refractivity contribution in [1.29, 1.82) is 0 Å². The summed E-state index contributed by atoms with van der Waals surface area (Å²) in [5.74, 6) is 2.12. The smallest absolute Gasteiger partial charge is 0.222 e. The molecule has 0 radical (unpaired) electrons. The largest absolute Gasteiger partial charge is 0.396 e. The average molecular weight is 375 g/mol. The molecular weight excluding hydrogens is 348 g/mol. The number of nitrogen functional groups attached to an aromatic ring is 1. The maximum atomic E-state index is 11.7. The fraction of sp³-hybridized carbons (Fsp3) is 0.526. The van der Waals surface area contributed by atoms with Gasteiger partial charge in [0, 0.05) is 17.5 Å². The number of nitrogens with two attached hydrogens (primary N) is 1. The van der Waals surface area contributed by atoms with E-state index in [9.17, 15) is 9.90 Å². The molecule has 0 bridgehead atoms. The van der Waals surface area contributed by atoms with E-state index in [0.717, 1.165) is 22.6 Å². The Labute approximate surface area is 157 Å². The van der Waals surface area contributed by atoms with E-state index < -0.39 is 0 Å². The Kier molecular flexibility index (Phi) is 5.29. The lowest BCUT2D eigenvalue weighted by molar-refractivity contribution is 0.102. The molecule has 4 atom stereocenters. The number of aliphatic hydroxyl groups is 1. The maximum Gasteiger partial charge on any atom is 0.222 e. The Morgan fingerprint density at radius 3 is 2.65 bits per heavy atom. The summed E-state index contributed by atoms with van der Waals surface area (Å²) in [6.07, 6.45) is 0.893. The van der Waals surface area contributed by atoms with E-state index in [4.69, 9.17) is 5.73 Å². The molecule has 140 valence electrons. The third-order valence-electron chi connectivity index (χ3n) is 5.63. The third-order valence-corrected chi connectivity index (χ3v) is 6.83. The summed E-state index contributed by atoms with van der Waals surface area (Å²) in [7, 11) is 0. The summed E-state index contributed by atoms with van der Waals surface area (Å²) in [6, 6.07) is 3.98. The number of carbonyl (C=O) groups excluding carboxylic acids is 1. The van der Waals surface area contributed by atoms with Gasteiger partial charge in [-0.25, -0.2) is 4.98 Å². The van der Waals surface area contributed by atoms with Crippen molar-refractivity contribution < 1.29 is 9.90 Å². The first kappa shape index (κ1) is 18.8. The van der Waals surface area contributed by atoms with Crippen LogP contribution in [0.5, 0.6) is 0 Å². The summed E-state index contributed by atoms with van der Waals surface area (Å²) in [5.41, 5.74) is 7.58. The molecule has 1 aliphatic carbocycles. The van der Waals surface area contributed by atoms with Gasteiger partial charge in [-0.1, -0.05) is 13.8 Å². The van der Waals surface area contributed by atoms with Crippen LogP contribution in [-0.4, -0.2) is 33.5 Å². The third kappa shape index (κ3) is 3.46. The molecular formula is C19H26N4O2S. The molecule has 7 heteroatoms. The molecule has 2 aromatic rings. The number of aliphatic hydroxyl groups excluding tert-OH is 1. The minimum absolute atomic E-state index is 0.0498. The highest BCUT2D eigenvalue weighted by molar-refractivity contribution is 7.17. The van der Waals surface area contributed by atoms with E-state index in [0.29, 0.717) is 22.5 Å². The van der Waals surface area contributed by atoms with Crippen molar-refractivity contribution in [2.45, 2.75) is 40.2 Å². The number of thiophene rings is 1.